The molecule has 1 saturated carbocycles. The molecule has 0 spiro atoms. The van der Waals surface area contributed by atoms with E-state index in [-0.39, 0.29) is 23.7 Å². The molecule has 4 unspecified atom stereocenters. The molecule has 0 saturated heterocycles. The van der Waals surface area contributed by atoms with Gasteiger partial charge < -0.3 is 0 Å². The monoisotopic (exact) mass is 410 g/mol. The van der Waals surface area contributed by atoms with Crippen LogP contribution in [0, 0.1) is 29.3 Å². The van der Waals surface area contributed by atoms with Gasteiger partial charge in [-0.1, -0.05) is 12.1 Å². The first-order valence-corrected chi connectivity index (χ1v) is 9.67. The maximum Gasteiger partial charge on any atom is 0.419 e. The van der Waals surface area contributed by atoms with Gasteiger partial charge in [0.15, 0.2) is 0 Å². The average molecular weight is 410 g/mol. The second-order valence-corrected chi connectivity index (χ2v) is 8.00. The fraction of sp³-hybridized carbons (Fsp3) is 0.391. The van der Waals surface area contributed by atoms with E-state index in [9.17, 15) is 26.3 Å². The van der Waals surface area contributed by atoms with Crippen LogP contribution in [0.3, 0.4) is 0 Å². The molecule has 2 aliphatic carbocycles. The van der Waals surface area contributed by atoms with Gasteiger partial charge in [-0.2, -0.15) is 13.2 Å². The second kappa shape index (κ2) is 7.22. The number of hydrogen-bond acceptors (Lipinski definition) is 0. The van der Waals surface area contributed by atoms with Crippen molar-refractivity contribution in [3.8, 4) is 0 Å². The highest BCUT2D eigenvalue weighted by molar-refractivity contribution is 5.39. The summed E-state index contributed by atoms with van der Waals surface area (Å²) in [7, 11) is 0. The van der Waals surface area contributed by atoms with Gasteiger partial charge in [-0.3, -0.25) is 0 Å². The van der Waals surface area contributed by atoms with Gasteiger partial charge in [0.1, 0.15) is 17.5 Å². The van der Waals surface area contributed by atoms with Crippen molar-refractivity contribution in [3.63, 3.8) is 0 Å². The van der Waals surface area contributed by atoms with Gasteiger partial charge >= 0.3 is 6.18 Å². The lowest BCUT2D eigenvalue weighted by molar-refractivity contribution is -0.140. The highest BCUT2D eigenvalue weighted by Crippen LogP contribution is 2.54. The lowest BCUT2D eigenvalue weighted by Crippen LogP contribution is -2.35. The van der Waals surface area contributed by atoms with Crippen LogP contribution in [0.25, 0.3) is 0 Å². The SMILES string of the molecule is C=CC1CCC2c3cc(F)cc(F)c3CCC2C1c1ccc(C(F)(F)F)c(F)c1. The Labute approximate surface area is 165 Å². The number of fused-ring (bicyclic) bond motifs is 3. The Kier molecular flexibility index (Phi) is 4.99. The minimum Gasteiger partial charge on any atom is -0.207 e. The summed E-state index contributed by atoms with van der Waals surface area (Å²) < 4.78 is 81.2. The smallest absolute Gasteiger partial charge is 0.207 e. The first-order chi connectivity index (χ1) is 13.7. The third-order valence-electron chi connectivity index (χ3n) is 6.56. The Balaban J connectivity index is 1.76. The van der Waals surface area contributed by atoms with Crippen LogP contribution < -0.4 is 0 Å². The molecule has 1 fully saturated rings. The summed E-state index contributed by atoms with van der Waals surface area (Å²) >= 11 is 0. The van der Waals surface area contributed by atoms with E-state index in [0.717, 1.165) is 18.2 Å². The highest BCUT2D eigenvalue weighted by Gasteiger charge is 2.43. The van der Waals surface area contributed by atoms with Gasteiger partial charge in [-0.15, -0.1) is 6.58 Å². The summed E-state index contributed by atoms with van der Waals surface area (Å²) in [5.74, 6) is -2.93. The van der Waals surface area contributed by atoms with Gasteiger partial charge in [0.25, 0.3) is 0 Å². The minimum atomic E-state index is -4.76. The van der Waals surface area contributed by atoms with E-state index >= 15 is 0 Å². The lowest BCUT2D eigenvalue weighted by atomic mass is 9.58. The van der Waals surface area contributed by atoms with Crippen LogP contribution in [0.2, 0.25) is 0 Å². The summed E-state index contributed by atoms with van der Waals surface area (Å²) in [5.41, 5.74) is 0.345. The fourth-order valence-corrected chi connectivity index (χ4v) is 5.36. The van der Waals surface area contributed by atoms with Crippen molar-refractivity contribution in [1.29, 1.82) is 0 Å². The Morgan fingerprint density at radius 2 is 1.69 bits per heavy atom. The molecule has 2 aliphatic rings. The van der Waals surface area contributed by atoms with Crippen LogP contribution >= 0.6 is 0 Å². The summed E-state index contributed by atoms with van der Waals surface area (Å²) in [4.78, 5) is 0. The van der Waals surface area contributed by atoms with Crippen LogP contribution in [-0.4, -0.2) is 0 Å². The highest BCUT2D eigenvalue weighted by atomic mass is 19.4. The summed E-state index contributed by atoms with van der Waals surface area (Å²) in [5, 5.41) is 0. The van der Waals surface area contributed by atoms with E-state index in [1.807, 2.05) is 0 Å². The van der Waals surface area contributed by atoms with Crippen LogP contribution in [0.1, 0.15) is 53.4 Å². The molecule has 4 rings (SSSR count). The van der Waals surface area contributed by atoms with Crippen LogP contribution in [-0.2, 0) is 12.6 Å². The fourth-order valence-electron chi connectivity index (χ4n) is 5.36. The number of hydrogen-bond donors (Lipinski definition) is 0. The predicted octanol–water partition coefficient (Wildman–Crippen LogP) is 7.15. The first-order valence-electron chi connectivity index (χ1n) is 9.67. The summed E-state index contributed by atoms with van der Waals surface area (Å²) in [6, 6.07) is 5.33. The molecular weight excluding hydrogens is 390 g/mol. The van der Waals surface area contributed by atoms with E-state index < -0.39 is 29.2 Å². The molecule has 2 aromatic rings. The van der Waals surface area contributed by atoms with E-state index in [1.54, 1.807) is 6.08 Å². The van der Waals surface area contributed by atoms with Crippen molar-refractivity contribution >= 4 is 0 Å². The zero-order chi connectivity index (χ0) is 20.9. The molecule has 154 valence electrons. The molecule has 2 aromatic carbocycles. The molecule has 29 heavy (non-hydrogen) atoms. The third kappa shape index (κ3) is 3.47. The van der Waals surface area contributed by atoms with Gasteiger partial charge in [-0.05, 0) is 84.2 Å². The number of benzene rings is 2. The zero-order valence-electron chi connectivity index (χ0n) is 15.6. The van der Waals surface area contributed by atoms with Gasteiger partial charge in [0.05, 0.1) is 5.56 Å². The topological polar surface area (TPSA) is 0 Å². The van der Waals surface area contributed by atoms with Gasteiger partial charge in [0.2, 0.25) is 0 Å². The van der Waals surface area contributed by atoms with E-state index in [0.29, 0.717) is 42.4 Å². The molecule has 0 aliphatic heterocycles. The van der Waals surface area contributed by atoms with Crippen LogP contribution in [0.4, 0.5) is 26.3 Å². The lowest BCUT2D eigenvalue weighted by Gasteiger charge is -2.46. The van der Waals surface area contributed by atoms with Crippen LogP contribution in [0.5, 0.6) is 0 Å². The van der Waals surface area contributed by atoms with Crippen molar-refractivity contribution in [1.82, 2.24) is 0 Å². The number of allylic oxidation sites excluding steroid dienone is 1. The molecule has 0 amide bonds. The van der Waals surface area contributed by atoms with Gasteiger partial charge in [0, 0.05) is 6.07 Å². The molecule has 6 heteroatoms. The largest absolute Gasteiger partial charge is 0.419 e. The molecule has 0 bridgehead atoms. The quantitative estimate of drug-likeness (QED) is 0.364. The number of rotatable bonds is 2. The maximum atomic E-state index is 14.3. The first kappa shape index (κ1) is 20.0. The molecule has 0 aromatic heterocycles. The minimum absolute atomic E-state index is 0.0349. The normalized spacial score (nSPS) is 26.6. The third-order valence-corrected chi connectivity index (χ3v) is 6.56. The van der Waals surface area contributed by atoms with Crippen LogP contribution in [0.15, 0.2) is 43.0 Å². The molecule has 0 N–H and O–H groups in total. The second-order valence-electron chi connectivity index (χ2n) is 8.00. The van der Waals surface area contributed by atoms with Crippen molar-refractivity contribution in [2.45, 2.75) is 43.7 Å². The standard InChI is InChI=1S/C23H20F6/c1-2-12-3-5-15-17(7-6-16-18(15)10-14(24)11-20(16)25)22(12)13-4-8-19(21(26)9-13)23(27,28)29/h2,4,8-12,15,17,22H,1,3,5-7H2. The van der Waals surface area contributed by atoms with Gasteiger partial charge in [-0.25, -0.2) is 13.2 Å². The molecule has 4 atom stereocenters. The molecule has 0 heterocycles. The predicted molar refractivity (Wildman–Crippen MR) is 98.0 cm³/mol. The number of alkyl halides is 3. The summed E-state index contributed by atoms with van der Waals surface area (Å²) in [6.07, 6.45) is -0.580. The molecular formula is C23H20F6. The van der Waals surface area contributed by atoms with E-state index in [1.165, 1.54) is 12.1 Å². The molecule has 0 radical (unpaired) electrons. The number of halogens is 6. The Bertz CT molecular complexity index is 945. The maximum absolute atomic E-state index is 14.3. The van der Waals surface area contributed by atoms with Crippen molar-refractivity contribution < 1.29 is 26.3 Å². The Morgan fingerprint density at radius 3 is 2.34 bits per heavy atom. The van der Waals surface area contributed by atoms with E-state index in [4.69, 9.17) is 0 Å². The Morgan fingerprint density at radius 1 is 0.931 bits per heavy atom. The summed E-state index contributed by atoms with van der Waals surface area (Å²) in [6.45, 7) is 3.86. The zero-order valence-corrected chi connectivity index (χ0v) is 15.6. The van der Waals surface area contributed by atoms with Crippen molar-refractivity contribution in [2.24, 2.45) is 11.8 Å². The average Bonchev–Trinajstić information content (AvgIpc) is 2.65. The Hall–Kier alpha value is -2.24. The van der Waals surface area contributed by atoms with Crippen molar-refractivity contribution in [3.05, 3.63) is 82.7 Å². The van der Waals surface area contributed by atoms with E-state index in [2.05, 4.69) is 6.58 Å². The van der Waals surface area contributed by atoms with Crippen molar-refractivity contribution in [2.75, 3.05) is 0 Å². The molecule has 0 nitrogen and oxygen atoms in total.